The van der Waals surface area contributed by atoms with Crippen molar-refractivity contribution in [1.29, 1.82) is 0 Å². The van der Waals surface area contributed by atoms with Gasteiger partial charge in [-0.1, -0.05) is 24.3 Å². The van der Waals surface area contributed by atoms with E-state index in [-0.39, 0.29) is 12.1 Å². The first-order valence-electron chi connectivity index (χ1n) is 16.0. The molecule has 2 aromatic carbocycles. The fourth-order valence-electron chi connectivity index (χ4n) is 7.68. The van der Waals surface area contributed by atoms with E-state index in [4.69, 9.17) is 20.4 Å². The van der Waals surface area contributed by atoms with Gasteiger partial charge in [-0.25, -0.2) is 9.97 Å². The van der Waals surface area contributed by atoms with Gasteiger partial charge < -0.3 is 34.7 Å². The summed E-state index contributed by atoms with van der Waals surface area (Å²) >= 11 is 0. The minimum Gasteiger partial charge on any atom is -0.494 e. The number of nitrogens with two attached hydrogens (primary N) is 1. The molecule has 1 aliphatic carbocycles. The number of aliphatic hydroxyl groups excluding tert-OH is 2. The van der Waals surface area contributed by atoms with Crippen LogP contribution in [0.3, 0.4) is 0 Å². The van der Waals surface area contributed by atoms with Crippen molar-refractivity contribution in [1.82, 2.24) is 24.0 Å². The van der Waals surface area contributed by atoms with Crippen molar-refractivity contribution >= 4 is 28.0 Å². The van der Waals surface area contributed by atoms with Crippen LogP contribution >= 0.6 is 0 Å². The van der Waals surface area contributed by atoms with Crippen molar-refractivity contribution in [2.45, 2.75) is 63.6 Å². The van der Waals surface area contributed by atoms with E-state index in [0.717, 1.165) is 59.3 Å². The Bertz CT molecular complexity index is 1930. The lowest BCUT2D eigenvalue weighted by atomic mass is 9.75. The number of imidazole rings is 1. The van der Waals surface area contributed by atoms with Crippen molar-refractivity contribution < 1.29 is 19.7 Å². The van der Waals surface area contributed by atoms with Gasteiger partial charge in [0.25, 0.3) is 5.91 Å². The highest BCUT2D eigenvalue weighted by atomic mass is 16.5. The van der Waals surface area contributed by atoms with E-state index >= 15 is 0 Å². The molecule has 2 aliphatic heterocycles. The van der Waals surface area contributed by atoms with E-state index in [0.29, 0.717) is 60.3 Å². The zero-order valence-corrected chi connectivity index (χ0v) is 25.3. The summed E-state index contributed by atoms with van der Waals surface area (Å²) in [5.74, 6) is 2.07. The number of rotatable bonds is 2. The van der Waals surface area contributed by atoms with E-state index in [2.05, 4.69) is 21.3 Å². The number of pyridine rings is 1. The maximum Gasteiger partial charge on any atom is 0.255 e. The SMILES string of the molecule is COc1cc(C(=O)N2C[C@H]3CC[C@H]3[C@H]2N)cc2nc3n(c12)Cc1cccc(c1)[C@H](O)[C@H](O)CCCCn1c-3cc2cccnc21. The van der Waals surface area contributed by atoms with Crippen LogP contribution in [0.25, 0.3) is 33.6 Å². The summed E-state index contributed by atoms with van der Waals surface area (Å²) < 4.78 is 10.3. The molecule has 4 N–H and O–H groups in total. The van der Waals surface area contributed by atoms with Crippen LogP contribution in [0.2, 0.25) is 0 Å². The number of hydrogen-bond acceptors (Lipinski definition) is 7. The first-order chi connectivity index (χ1) is 21.9. The Kier molecular flexibility index (Phi) is 6.89. The van der Waals surface area contributed by atoms with Crippen molar-refractivity contribution in [3.63, 3.8) is 0 Å². The minimum atomic E-state index is -0.980. The third-order valence-corrected chi connectivity index (χ3v) is 10.3. The molecule has 1 amide bonds. The lowest BCUT2D eigenvalue weighted by Gasteiger charge is -2.31. The van der Waals surface area contributed by atoms with E-state index in [1.54, 1.807) is 13.3 Å². The average molecular weight is 607 g/mol. The van der Waals surface area contributed by atoms with Gasteiger partial charge in [0, 0.05) is 36.8 Å². The van der Waals surface area contributed by atoms with Crippen LogP contribution in [-0.2, 0) is 13.1 Å². The molecule has 2 bridgehead atoms. The molecule has 5 heterocycles. The second kappa shape index (κ2) is 11.0. The zero-order valence-electron chi connectivity index (χ0n) is 25.3. The highest BCUT2D eigenvalue weighted by molar-refractivity contribution is 6.00. The number of amides is 1. The van der Waals surface area contributed by atoms with E-state index in [1.807, 2.05) is 47.4 Å². The Morgan fingerprint density at radius 3 is 2.69 bits per heavy atom. The lowest BCUT2D eigenvalue weighted by molar-refractivity contribution is 0.0119. The van der Waals surface area contributed by atoms with Gasteiger partial charge in [0.05, 0.1) is 30.6 Å². The van der Waals surface area contributed by atoms with E-state index < -0.39 is 12.2 Å². The number of likely N-dealkylation sites (tertiary alicyclic amines) is 1. The Hall–Kier alpha value is -4.25. The van der Waals surface area contributed by atoms with Gasteiger partial charge in [-0.05, 0) is 85.4 Å². The molecule has 10 nitrogen and oxygen atoms in total. The van der Waals surface area contributed by atoms with Crippen LogP contribution in [0.5, 0.6) is 5.75 Å². The number of aliphatic hydroxyl groups is 2. The Morgan fingerprint density at radius 2 is 1.91 bits per heavy atom. The molecule has 0 unspecified atom stereocenters. The first kappa shape index (κ1) is 28.2. The predicted octanol–water partition coefficient (Wildman–Crippen LogP) is 4.45. The number of aryl methyl sites for hydroxylation is 1. The molecule has 3 aliphatic rings. The number of carbonyl (C=O) groups is 1. The van der Waals surface area contributed by atoms with Gasteiger partial charge >= 0.3 is 0 Å². The molecule has 3 aromatic heterocycles. The van der Waals surface area contributed by atoms with Gasteiger partial charge in [0.2, 0.25) is 0 Å². The predicted molar refractivity (Wildman–Crippen MR) is 171 cm³/mol. The quantitative estimate of drug-likeness (QED) is 0.271. The van der Waals surface area contributed by atoms with Gasteiger partial charge in [-0.15, -0.1) is 0 Å². The number of benzene rings is 2. The number of hydrogen-bond donors (Lipinski definition) is 3. The maximum absolute atomic E-state index is 13.9. The van der Waals surface area contributed by atoms with Crippen LogP contribution in [0, 0.1) is 11.8 Å². The van der Waals surface area contributed by atoms with Crippen LogP contribution in [-0.4, -0.2) is 66.0 Å². The number of carbonyl (C=O) groups excluding carboxylic acids is 1. The first-order valence-corrected chi connectivity index (χ1v) is 16.0. The van der Waals surface area contributed by atoms with Crippen LogP contribution in [0.15, 0.2) is 60.8 Å². The highest BCUT2D eigenvalue weighted by Gasteiger charge is 2.47. The molecule has 45 heavy (non-hydrogen) atoms. The number of aromatic nitrogens is 4. The summed E-state index contributed by atoms with van der Waals surface area (Å²) in [6.07, 6.45) is 3.90. The molecule has 2 fully saturated rings. The smallest absolute Gasteiger partial charge is 0.255 e. The summed E-state index contributed by atoms with van der Waals surface area (Å²) in [5, 5.41) is 22.8. The second-order valence-electron chi connectivity index (χ2n) is 12.9. The molecule has 8 rings (SSSR count). The summed E-state index contributed by atoms with van der Waals surface area (Å²) in [5.41, 5.74) is 11.9. The number of methoxy groups -OCH3 is 1. The van der Waals surface area contributed by atoms with Gasteiger partial charge in [0.1, 0.15) is 23.0 Å². The normalized spacial score (nSPS) is 24.9. The number of fused-ring (bicyclic) bond motifs is 10. The molecule has 5 atom stereocenters. The lowest BCUT2D eigenvalue weighted by Crippen LogP contribution is -2.44. The van der Waals surface area contributed by atoms with E-state index in [1.165, 1.54) is 0 Å². The third-order valence-electron chi connectivity index (χ3n) is 10.3. The van der Waals surface area contributed by atoms with Crippen LogP contribution in [0.1, 0.15) is 59.7 Å². The standard InChI is InChI=1S/C35H38N6O4/c1-45-29-17-24(35(44)41-19-23-10-11-25(23)32(41)36)15-26-30(29)40-18-20-6-4-7-21(14-20)31(43)28(42)9-2-3-13-39-27(34(40)38-26)16-22-8-5-12-37-33(22)39/h4-8,12,14-17,23,25,28,31-32,42-43H,2-3,9-11,13,18-19,36H2,1H3/t23-,25-,28-,31+,32+/m1/s1. The largest absolute Gasteiger partial charge is 0.494 e. The highest BCUT2D eigenvalue weighted by Crippen LogP contribution is 2.44. The maximum atomic E-state index is 13.9. The Labute approximate surface area is 261 Å². The molecular formula is C35H38N6O4. The van der Waals surface area contributed by atoms with Gasteiger partial charge in [-0.3, -0.25) is 4.79 Å². The van der Waals surface area contributed by atoms with Crippen molar-refractivity contribution in [2.75, 3.05) is 13.7 Å². The monoisotopic (exact) mass is 606 g/mol. The van der Waals surface area contributed by atoms with E-state index in [9.17, 15) is 15.0 Å². The number of nitrogens with zero attached hydrogens (tertiary/aromatic N) is 5. The summed E-state index contributed by atoms with van der Waals surface area (Å²) in [6, 6.07) is 17.5. The Morgan fingerprint density at radius 1 is 1.02 bits per heavy atom. The molecule has 1 saturated heterocycles. The molecule has 0 radical (unpaired) electrons. The molecule has 1 saturated carbocycles. The van der Waals surface area contributed by atoms with Gasteiger partial charge in [-0.2, -0.15) is 0 Å². The van der Waals surface area contributed by atoms with Gasteiger partial charge in [0.15, 0.2) is 5.82 Å². The summed E-state index contributed by atoms with van der Waals surface area (Å²) in [6.45, 7) is 1.79. The molecule has 0 spiro atoms. The number of ether oxygens (including phenoxy) is 1. The summed E-state index contributed by atoms with van der Waals surface area (Å²) in [7, 11) is 1.62. The van der Waals surface area contributed by atoms with Crippen molar-refractivity contribution in [3.8, 4) is 17.3 Å². The van der Waals surface area contributed by atoms with Crippen LogP contribution < -0.4 is 10.5 Å². The average Bonchev–Trinajstić information content (AvgIpc) is 3.66. The fourth-order valence-corrected chi connectivity index (χ4v) is 7.68. The second-order valence-corrected chi connectivity index (χ2v) is 12.9. The zero-order chi connectivity index (χ0) is 30.8. The Balaban J connectivity index is 1.33. The third kappa shape index (κ3) is 4.62. The molecule has 5 aromatic rings. The molecule has 10 heteroatoms. The summed E-state index contributed by atoms with van der Waals surface area (Å²) in [4.78, 5) is 25.6. The van der Waals surface area contributed by atoms with Crippen molar-refractivity contribution in [2.24, 2.45) is 17.6 Å². The molecule has 232 valence electrons. The van der Waals surface area contributed by atoms with Crippen molar-refractivity contribution in [3.05, 3.63) is 77.5 Å². The minimum absolute atomic E-state index is 0.0925. The molecular weight excluding hydrogens is 568 g/mol. The fraction of sp³-hybridized carbons (Fsp3) is 0.400. The topological polar surface area (TPSA) is 132 Å². The van der Waals surface area contributed by atoms with Crippen LogP contribution in [0.4, 0.5) is 0 Å².